The zero-order valence-electron chi connectivity index (χ0n) is 17.6. The Labute approximate surface area is 194 Å². The van der Waals surface area contributed by atoms with Crippen LogP contribution in [0, 0.1) is 5.82 Å². The molecule has 0 spiro atoms. The second kappa shape index (κ2) is 9.79. The highest BCUT2D eigenvalue weighted by atomic mass is 35.5. The van der Waals surface area contributed by atoms with E-state index in [1.165, 1.54) is 30.0 Å². The number of hydrogen-bond donors (Lipinski definition) is 2. The fraction of sp³-hybridized carbons (Fsp3) is 0.318. The highest BCUT2D eigenvalue weighted by Crippen LogP contribution is 2.38. The standard InChI is InChI=1S/C22H23ClFN5O2S/c1-3-5-18-26-27-22-29(18)28-19(13-6-9-15(10-7-13)31-4-2)20(32-22)21(30)25-14-8-11-17(24)16(23)12-14/h6-12,19-20,28H,3-5H2,1-2H3,(H,25,30)/t19-,20+/m0/s1. The predicted molar refractivity (Wildman–Crippen MR) is 123 cm³/mol. The van der Waals surface area contributed by atoms with Crippen LogP contribution >= 0.6 is 23.4 Å². The van der Waals surface area contributed by atoms with Gasteiger partial charge in [0.05, 0.1) is 17.7 Å². The van der Waals surface area contributed by atoms with Crippen LogP contribution in [0.25, 0.3) is 0 Å². The molecule has 1 aliphatic rings. The molecule has 0 unspecified atom stereocenters. The molecule has 0 saturated carbocycles. The van der Waals surface area contributed by atoms with Crippen molar-refractivity contribution in [3.05, 3.63) is 64.7 Å². The maximum absolute atomic E-state index is 13.5. The van der Waals surface area contributed by atoms with Crippen LogP contribution in [0.5, 0.6) is 5.75 Å². The van der Waals surface area contributed by atoms with Gasteiger partial charge in [0.2, 0.25) is 11.1 Å². The van der Waals surface area contributed by atoms with Gasteiger partial charge in [-0.15, -0.1) is 10.2 Å². The van der Waals surface area contributed by atoms with E-state index in [4.69, 9.17) is 16.3 Å². The van der Waals surface area contributed by atoms with E-state index in [0.717, 1.165) is 30.0 Å². The van der Waals surface area contributed by atoms with Crippen molar-refractivity contribution < 1.29 is 13.9 Å². The predicted octanol–water partition coefficient (Wildman–Crippen LogP) is 4.82. The molecule has 2 aromatic carbocycles. The Bertz CT molecular complexity index is 1110. The molecule has 1 aromatic heterocycles. The number of carbonyl (C=O) groups excluding carboxylic acids is 1. The highest BCUT2D eigenvalue weighted by Gasteiger charge is 2.37. The van der Waals surface area contributed by atoms with Gasteiger partial charge in [-0.2, -0.15) is 0 Å². The molecule has 2 N–H and O–H groups in total. The third-order valence-corrected chi connectivity index (χ3v) is 6.48. The summed E-state index contributed by atoms with van der Waals surface area (Å²) in [6, 6.07) is 11.4. The van der Waals surface area contributed by atoms with Gasteiger partial charge in [0.25, 0.3) is 0 Å². The van der Waals surface area contributed by atoms with Crippen molar-refractivity contribution in [1.82, 2.24) is 14.9 Å². The third-order valence-electron chi connectivity index (χ3n) is 4.97. The average molecular weight is 476 g/mol. The first-order valence-electron chi connectivity index (χ1n) is 10.4. The number of rotatable bonds is 7. The number of halogens is 2. The van der Waals surface area contributed by atoms with Crippen LogP contribution in [0.4, 0.5) is 10.1 Å². The molecule has 10 heteroatoms. The summed E-state index contributed by atoms with van der Waals surface area (Å²) in [5.74, 6) is 0.783. The molecule has 2 atom stereocenters. The molecule has 168 valence electrons. The van der Waals surface area contributed by atoms with Crippen molar-refractivity contribution in [2.75, 3.05) is 17.3 Å². The summed E-state index contributed by atoms with van der Waals surface area (Å²) in [6.07, 6.45) is 1.69. The second-order valence-electron chi connectivity index (χ2n) is 7.25. The lowest BCUT2D eigenvalue weighted by Crippen LogP contribution is -2.41. The zero-order valence-corrected chi connectivity index (χ0v) is 19.2. The van der Waals surface area contributed by atoms with Gasteiger partial charge in [-0.25, -0.2) is 9.07 Å². The third kappa shape index (κ3) is 4.68. The van der Waals surface area contributed by atoms with E-state index >= 15 is 0 Å². The number of amides is 1. The van der Waals surface area contributed by atoms with Gasteiger partial charge in [0.15, 0.2) is 5.82 Å². The number of carbonyl (C=O) groups is 1. The number of nitrogens with one attached hydrogen (secondary N) is 2. The number of aryl methyl sites for hydroxylation is 1. The molecular formula is C22H23ClFN5O2S. The number of benzene rings is 2. The van der Waals surface area contributed by atoms with Crippen molar-refractivity contribution in [2.45, 2.75) is 43.1 Å². The molecule has 1 amide bonds. The Morgan fingerprint density at radius 2 is 2.03 bits per heavy atom. The molecule has 3 aromatic rings. The molecule has 0 saturated heterocycles. The van der Waals surface area contributed by atoms with Crippen LogP contribution in [0.15, 0.2) is 47.6 Å². The molecular weight excluding hydrogens is 453 g/mol. The molecule has 0 fully saturated rings. The van der Waals surface area contributed by atoms with E-state index in [-0.39, 0.29) is 17.0 Å². The highest BCUT2D eigenvalue weighted by molar-refractivity contribution is 8.00. The number of nitrogens with zero attached hydrogens (tertiary/aromatic N) is 3. The van der Waals surface area contributed by atoms with E-state index in [1.807, 2.05) is 35.9 Å². The summed E-state index contributed by atoms with van der Waals surface area (Å²) < 4.78 is 20.9. The number of anilines is 1. The topological polar surface area (TPSA) is 81.1 Å². The van der Waals surface area contributed by atoms with Crippen LogP contribution in [-0.2, 0) is 11.2 Å². The Kier molecular flexibility index (Phi) is 6.86. The van der Waals surface area contributed by atoms with Gasteiger partial charge in [-0.1, -0.05) is 42.4 Å². The van der Waals surface area contributed by atoms with E-state index in [0.29, 0.717) is 17.5 Å². The number of fused-ring (bicyclic) bond motifs is 1. The molecule has 0 radical (unpaired) electrons. The normalized spacial score (nSPS) is 17.4. The van der Waals surface area contributed by atoms with Crippen LogP contribution in [-0.4, -0.2) is 32.6 Å². The first kappa shape index (κ1) is 22.4. The minimum Gasteiger partial charge on any atom is -0.494 e. The lowest BCUT2D eigenvalue weighted by atomic mass is 10.0. The largest absolute Gasteiger partial charge is 0.494 e. The number of ether oxygens (including phenoxy) is 1. The molecule has 2 heterocycles. The average Bonchev–Trinajstić information content (AvgIpc) is 3.18. The smallest absolute Gasteiger partial charge is 0.240 e. The fourth-order valence-electron chi connectivity index (χ4n) is 3.46. The van der Waals surface area contributed by atoms with Crippen LogP contribution in [0.1, 0.15) is 37.7 Å². The molecule has 0 aliphatic carbocycles. The first-order chi connectivity index (χ1) is 15.5. The lowest BCUT2D eigenvalue weighted by molar-refractivity contribution is -0.116. The Hall–Kier alpha value is -2.78. The molecule has 1 aliphatic heterocycles. The fourth-order valence-corrected chi connectivity index (χ4v) is 4.74. The number of aromatic nitrogens is 3. The van der Waals surface area contributed by atoms with Crippen LogP contribution in [0.2, 0.25) is 5.02 Å². The quantitative estimate of drug-likeness (QED) is 0.510. The van der Waals surface area contributed by atoms with Gasteiger partial charge in [0.1, 0.15) is 16.8 Å². The van der Waals surface area contributed by atoms with Crippen molar-refractivity contribution in [3.8, 4) is 5.75 Å². The molecule has 32 heavy (non-hydrogen) atoms. The molecule has 4 rings (SSSR count). The van der Waals surface area contributed by atoms with E-state index in [9.17, 15) is 9.18 Å². The van der Waals surface area contributed by atoms with Crippen LogP contribution < -0.4 is 15.5 Å². The van der Waals surface area contributed by atoms with Crippen molar-refractivity contribution in [3.63, 3.8) is 0 Å². The van der Waals surface area contributed by atoms with Gasteiger partial charge in [-0.05, 0) is 49.2 Å². The van der Waals surface area contributed by atoms with Crippen molar-refractivity contribution >= 4 is 35.0 Å². The Balaban J connectivity index is 1.64. The van der Waals surface area contributed by atoms with Gasteiger partial charge >= 0.3 is 0 Å². The Morgan fingerprint density at radius 3 is 2.72 bits per heavy atom. The maximum Gasteiger partial charge on any atom is 0.240 e. The molecule has 7 nitrogen and oxygen atoms in total. The number of hydrogen-bond acceptors (Lipinski definition) is 6. The van der Waals surface area contributed by atoms with Crippen molar-refractivity contribution in [1.29, 1.82) is 0 Å². The van der Waals surface area contributed by atoms with E-state index < -0.39 is 11.1 Å². The first-order valence-corrected chi connectivity index (χ1v) is 11.6. The lowest BCUT2D eigenvalue weighted by Gasteiger charge is -2.33. The van der Waals surface area contributed by atoms with Crippen molar-refractivity contribution in [2.24, 2.45) is 0 Å². The summed E-state index contributed by atoms with van der Waals surface area (Å²) in [5.41, 5.74) is 4.76. The Morgan fingerprint density at radius 1 is 1.25 bits per heavy atom. The minimum atomic E-state index is -0.553. The SMILES string of the molecule is CCCc1nnc2n1N[C@@H](c1ccc(OCC)cc1)[C@H](C(=O)Nc1ccc(F)c(Cl)c1)S2. The monoisotopic (exact) mass is 475 g/mol. The summed E-state index contributed by atoms with van der Waals surface area (Å²) in [7, 11) is 0. The summed E-state index contributed by atoms with van der Waals surface area (Å²) in [5, 5.41) is 11.4. The minimum absolute atomic E-state index is 0.0516. The second-order valence-corrected chi connectivity index (χ2v) is 8.77. The zero-order chi connectivity index (χ0) is 22.7. The number of thioether (sulfide) groups is 1. The molecule has 0 bridgehead atoms. The van der Waals surface area contributed by atoms with E-state index in [1.54, 1.807) is 0 Å². The summed E-state index contributed by atoms with van der Waals surface area (Å²) in [6.45, 7) is 4.58. The van der Waals surface area contributed by atoms with Gasteiger partial charge < -0.3 is 15.5 Å². The van der Waals surface area contributed by atoms with Gasteiger partial charge in [-0.3, -0.25) is 4.79 Å². The summed E-state index contributed by atoms with van der Waals surface area (Å²) in [4.78, 5) is 13.3. The maximum atomic E-state index is 13.5. The van der Waals surface area contributed by atoms with E-state index in [2.05, 4.69) is 27.9 Å². The van der Waals surface area contributed by atoms with Crippen LogP contribution in [0.3, 0.4) is 0 Å². The summed E-state index contributed by atoms with van der Waals surface area (Å²) >= 11 is 7.20. The van der Waals surface area contributed by atoms with Gasteiger partial charge in [0, 0.05) is 12.1 Å².